The summed E-state index contributed by atoms with van der Waals surface area (Å²) in [7, 11) is 2.25. The number of piperidine rings is 1. The van der Waals surface area contributed by atoms with Gasteiger partial charge in [0.15, 0.2) is 0 Å². The Hall–Kier alpha value is 0.570. The van der Waals surface area contributed by atoms with Crippen LogP contribution in [0, 0.1) is 0 Å². The zero-order chi connectivity index (χ0) is 13.2. The standard InChI is InChI=1S/C14H27IN4/c1-16-7-9-17(10-8-16)14-4-6-18(11-14)13-3-2-5-19(15)12-13/h13-14H,2-12H2,1H3. The van der Waals surface area contributed by atoms with Gasteiger partial charge in [-0.15, -0.1) is 0 Å². The molecule has 0 spiro atoms. The molecule has 3 aliphatic rings. The molecule has 2 unspecified atom stereocenters. The summed E-state index contributed by atoms with van der Waals surface area (Å²) in [4.78, 5) is 7.97. The van der Waals surface area contributed by atoms with E-state index in [1.165, 1.54) is 71.6 Å². The lowest BCUT2D eigenvalue weighted by Crippen LogP contribution is -2.51. The fourth-order valence-corrected chi connectivity index (χ4v) is 4.59. The number of hydrogen-bond acceptors (Lipinski definition) is 4. The summed E-state index contributed by atoms with van der Waals surface area (Å²) in [6.07, 6.45) is 4.18. The number of hydrogen-bond donors (Lipinski definition) is 0. The predicted molar refractivity (Wildman–Crippen MR) is 87.7 cm³/mol. The molecule has 0 aliphatic carbocycles. The zero-order valence-electron chi connectivity index (χ0n) is 12.1. The third kappa shape index (κ3) is 3.61. The molecule has 5 heteroatoms. The van der Waals surface area contributed by atoms with Gasteiger partial charge in [0.1, 0.15) is 0 Å². The lowest BCUT2D eigenvalue weighted by molar-refractivity contribution is 0.104. The molecule has 3 aliphatic heterocycles. The Balaban J connectivity index is 1.49. The summed E-state index contributed by atoms with van der Waals surface area (Å²) in [6.45, 7) is 10.3. The quantitative estimate of drug-likeness (QED) is 0.528. The Bertz CT molecular complexity index is 293. The van der Waals surface area contributed by atoms with E-state index in [1.54, 1.807) is 0 Å². The predicted octanol–water partition coefficient (Wildman–Crippen LogP) is 1.12. The van der Waals surface area contributed by atoms with Crippen LogP contribution in [0.2, 0.25) is 0 Å². The fraction of sp³-hybridized carbons (Fsp3) is 1.00. The van der Waals surface area contributed by atoms with Gasteiger partial charge >= 0.3 is 0 Å². The monoisotopic (exact) mass is 378 g/mol. The molecule has 0 aromatic heterocycles. The van der Waals surface area contributed by atoms with Gasteiger partial charge in [0.2, 0.25) is 0 Å². The maximum Gasteiger partial charge on any atom is 0.0237 e. The van der Waals surface area contributed by atoms with Crippen LogP contribution in [0.25, 0.3) is 0 Å². The minimum absolute atomic E-state index is 0.822. The number of likely N-dealkylation sites (tertiary alicyclic amines) is 1. The Morgan fingerprint density at radius 3 is 2.26 bits per heavy atom. The maximum atomic E-state index is 2.77. The number of piperazine rings is 1. The molecular formula is C14H27IN4. The Morgan fingerprint density at radius 1 is 0.789 bits per heavy atom. The van der Waals surface area contributed by atoms with Gasteiger partial charge in [-0.25, -0.2) is 3.11 Å². The van der Waals surface area contributed by atoms with Crippen LogP contribution in [0.5, 0.6) is 0 Å². The lowest BCUT2D eigenvalue weighted by Gasteiger charge is -2.38. The van der Waals surface area contributed by atoms with Crippen LogP contribution in [0.15, 0.2) is 0 Å². The van der Waals surface area contributed by atoms with Crippen LogP contribution in [0.4, 0.5) is 0 Å². The van der Waals surface area contributed by atoms with Crippen molar-refractivity contribution in [2.45, 2.75) is 31.3 Å². The molecule has 3 fully saturated rings. The summed E-state index contributed by atoms with van der Waals surface area (Å²) in [5.74, 6) is 0. The normalized spacial score (nSPS) is 36.9. The summed E-state index contributed by atoms with van der Waals surface area (Å²) >= 11 is 2.50. The van der Waals surface area contributed by atoms with E-state index in [-0.39, 0.29) is 0 Å². The van der Waals surface area contributed by atoms with E-state index < -0.39 is 0 Å². The van der Waals surface area contributed by atoms with Crippen molar-refractivity contribution >= 4 is 22.9 Å². The molecule has 3 heterocycles. The topological polar surface area (TPSA) is 13.0 Å². The molecule has 0 N–H and O–H groups in total. The van der Waals surface area contributed by atoms with Crippen molar-refractivity contribution in [2.75, 3.05) is 59.4 Å². The zero-order valence-corrected chi connectivity index (χ0v) is 14.3. The fourth-order valence-electron chi connectivity index (χ4n) is 3.79. The van der Waals surface area contributed by atoms with Crippen LogP contribution in [-0.4, -0.2) is 89.3 Å². The van der Waals surface area contributed by atoms with Gasteiger partial charge in [-0.3, -0.25) is 9.80 Å². The highest BCUT2D eigenvalue weighted by Gasteiger charge is 2.33. The summed E-state index contributed by atoms with van der Waals surface area (Å²) in [6, 6.07) is 1.65. The summed E-state index contributed by atoms with van der Waals surface area (Å²) in [5.41, 5.74) is 0. The molecular weight excluding hydrogens is 351 g/mol. The summed E-state index contributed by atoms with van der Waals surface area (Å²) < 4.78 is 2.48. The second-order valence-electron chi connectivity index (χ2n) is 6.44. The first kappa shape index (κ1) is 14.5. The van der Waals surface area contributed by atoms with Crippen LogP contribution < -0.4 is 0 Å². The van der Waals surface area contributed by atoms with E-state index in [0.717, 1.165) is 12.1 Å². The maximum absolute atomic E-state index is 2.77. The van der Waals surface area contributed by atoms with E-state index in [1.807, 2.05) is 0 Å². The number of likely N-dealkylation sites (N-methyl/N-ethyl adjacent to an activating group) is 1. The molecule has 3 rings (SSSR count). The van der Waals surface area contributed by atoms with Gasteiger partial charge in [-0.1, -0.05) is 0 Å². The van der Waals surface area contributed by atoms with E-state index in [9.17, 15) is 0 Å². The van der Waals surface area contributed by atoms with E-state index in [4.69, 9.17) is 0 Å². The molecule has 0 bridgehead atoms. The van der Waals surface area contributed by atoms with Crippen molar-refractivity contribution < 1.29 is 0 Å². The minimum atomic E-state index is 0.822. The van der Waals surface area contributed by atoms with Gasteiger partial charge < -0.3 is 4.90 Å². The smallest absolute Gasteiger partial charge is 0.0237 e. The molecule has 0 aromatic carbocycles. The van der Waals surface area contributed by atoms with Gasteiger partial charge in [-0.2, -0.15) is 0 Å². The second kappa shape index (κ2) is 6.56. The van der Waals surface area contributed by atoms with Crippen molar-refractivity contribution in [1.29, 1.82) is 0 Å². The molecule has 19 heavy (non-hydrogen) atoms. The van der Waals surface area contributed by atoms with Crippen LogP contribution >= 0.6 is 22.9 Å². The van der Waals surface area contributed by atoms with E-state index in [2.05, 4.69) is 47.7 Å². The summed E-state index contributed by atoms with van der Waals surface area (Å²) in [5, 5.41) is 0. The van der Waals surface area contributed by atoms with Crippen molar-refractivity contribution in [3.63, 3.8) is 0 Å². The van der Waals surface area contributed by atoms with E-state index >= 15 is 0 Å². The number of rotatable bonds is 2. The Kier molecular flexibility index (Phi) is 5.01. The average molecular weight is 378 g/mol. The molecule has 3 saturated heterocycles. The minimum Gasteiger partial charge on any atom is -0.304 e. The third-order valence-electron chi connectivity index (χ3n) is 5.11. The lowest BCUT2D eigenvalue weighted by atomic mass is 10.1. The van der Waals surface area contributed by atoms with Crippen LogP contribution in [0.1, 0.15) is 19.3 Å². The van der Waals surface area contributed by atoms with E-state index in [0.29, 0.717) is 0 Å². The molecule has 0 amide bonds. The average Bonchev–Trinajstić information content (AvgIpc) is 2.89. The Labute approximate surface area is 131 Å². The van der Waals surface area contributed by atoms with Gasteiger partial charge in [0.05, 0.1) is 0 Å². The van der Waals surface area contributed by atoms with Crippen molar-refractivity contribution in [1.82, 2.24) is 17.8 Å². The largest absolute Gasteiger partial charge is 0.304 e. The van der Waals surface area contributed by atoms with Crippen LogP contribution in [-0.2, 0) is 0 Å². The third-order valence-corrected chi connectivity index (χ3v) is 5.99. The molecule has 4 nitrogen and oxygen atoms in total. The molecule has 110 valence electrons. The molecule has 0 radical (unpaired) electrons. The van der Waals surface area contributed by atoms with Gasteiger partial charge in [0.25, 0.3) is 0 Å². The van der Waals surface area contributed by atoms with Crippen molar-refractivity contribution in [2.24, 2.45) is 0 Å². The Morgan fingerprint density at radius 2 is 1.53 bits per heavy atom. The first-order valence-electron chi connectivity index (χ1n) is 7.80. The highest BCUT2D eigenvalue weighted by molar-refractivity contribution is 14.1. The number of nitrogens with zero attached hydrogens (tertiary/aromatic N) is 4. The van der Waals surface area contributed by atoms with Crippen LogP contribution in [0.3, 0.4) is 0 Å². The molecule has 0 aromatic rings. The second-order valence-corrected chi connectivity index (χ2v) is 7.81. The molecule has 0 saturated carbocycles. The first-order chi connectivity index (χ1) is 9.22. The van der Waals surface area contributed by atoms with Gasteiger partial charge in [0, 0.05) is 87.3 Å². The highest BCUT2D eigenvalue weighted by Crippen LogP contribution is 2.24. The SMILES string of the molecule is CN1CCN(C2CCN(C3CCCN(I)C3)C2)CC1. The number of halogens is 1. The first-order valence-corrected chi connectivity index (χ1v) is 8.76. The highest BCUT2D eigenvalue weighted by atomic mass is 127. The van der Waals surface area contributed by atoms with Gasteiger partial charge in [-0.05, 0) is 26.3 Å². The molecule has 2 atom stereocenters. The van der Waals surface area contributed by atoms with Crippen molar-refractivity contribution in [3.05, 3.63) is 0 Å². The van der Waals surface area contributed by atoms with Crippen molar-refractivity contribution in [3.8, 4) is 0 Å².